The highest BCUT2D eigenvalue weighted by Crippen LogP contribution is 2.34. The van der Waals surface area contributed by atoms with Gasteiger partial charge in [0.1, 0.15) is 16.9 Å². The normalized spacial score (nSPS) is 10.5. The van der Waals surface area contributed by atoms with Gasteiger partial charge in [0, 0.05) is 0 Å². The number of carbonyl (C=O) groups excluding carboxylic acids is 3. The summed E-state index contributed by atoms with van der Waals surface area (Å²) in [4.78, 5) is 37.3. The van der Waals surface area contributed by atoms with Crippen LogP contribution in [-0.2, 0) is 9.47 Å². The summed E-state index contributed by atoms with van der Waals surface area (Å²) in [7, 11) is 0. The molecule has 150 valence electrons. The molecule has 10 heteroatoms. The molecule has 0 saturated carbocycles. The van der Waals surface area contributed by atoms with Crippen LogP contribution in [0.5, 0.6) is 0 Å². The van der Waals surface area contributed by atoms with Crippen molar-refractivity contribution in [1.82, 2.24) is 0 Å². The van der Waals surface area contributed by atoms with Gasteiger partial charge in [-0.2, -0.15) is 0 Å². The van der Waals surface area contributed by atoms with Gasteiger partial charge in [0.25, 0.3) is 5.91 Å². The maximum atomic E-state index is 12.7. The molecule has 0 aliphatic carbocycles. The van der Waals surface area contributed by atoms with Crippen LogP contribution in [0.25, 0.3) is 0 Å². The van der Waals surface area contributed by atoms with Crippen LogP contribution in [-0.4, -0.2) is 31.1 Å². The van der Waals surface area contributed by atoms with Crippen LogP contribution < -0.4 is 5.32 Å². The Balaban J connectivity index is 2.53. The Labute approximate surface area is 175 Å². The number of ether oxygens (including phenoxy) is 2. The minimum atomic E-state index is -0.860. The van der Waals surface area contributed by atoms with Crippen molar-refractivity contribution in [3.05, 3.63) is 49.7 Å². The SMILES string of the molecule is CCOC(=O)c1c(C)oc(NC(=O)c2c(Cl)ccc(Cl)c2Cl)c1C(=O)OCC. The number of hydrogen-bond donors (Lipinski definition) is 1. The largest absolute Gasteiger partial charge is 0.462 e. The second kappa shape index (κ2) is 9.32. The number of carbonyl (C=O) groups is 3. The van der Waals surface area contributed by atoms with E-state index in [0.29, 0.717) is 0 Å². The second-order valence-electron chi connectivity index (χ2n) is 5.35. The van der Waals surface area contributed by atoms with E-state index >= 15 is 0 Å². The Hall–Kier alpha value is -2.22. The number of rotatable bonds is 6. The number of furan rings is 1. The third kappa shape index (κ3) is 4.43. The average molecular weight is 449 g/mol. The van der Waals surface area contributed by atoms with Gasteiger partial charge in [0.05, 0.1) is 33.8 Å². The first kappa shape index (κ1) is 22.1. The van der Waals surface area contributed by atoms with Crippen LogP contribution in [0.15, 0.2) is 16.5 Å². The molecule has 1 amide bonds. The topological polar surface area (TPSA) is 94.8 Å². The molecule has 1 N–H and O–H groups in total. The van der Waals surface area contributed by atoms with Crippen molar-refractivity contribution >= 4 is 58.5 Å². The van der Waals surface area contributed by atoms with E-state index in [9.17, 15) is 14.4 Å². The van der Waals surface area contributed by atoms with Crippen LogP contribution >= 0.6 is 34.8 Å². The van der Waals surface area contributed by atoms with Crippen molar-refractivity contribution in [3.63, 3.8) is 0 Å². The van der Waals surface area contributed by atoms with Gasteiger partial charge in [-0.25, -0.2) is 9.59 Å². The highest BCUT2D eigenvalue weighted by Gasteiger charge is 2.32. The number of halogens is 3. The van der Waals surface area contributed by atoms with E-state index in [1.54, 1.807) is 13.8 Å². The molecule has 2 rings (SSSR count). The lowest BCUT2D eigenvalue weighted by molar-refractivity contribution is 0.0480. The molecular weight excluding hydrogens is 433 g/mol. The Morgan fingerprint density at radius 2 is 1.46 bits per heavy atom. The van der Waals surface area contributed by atoms with Crippen molar-refractivity contribution < 1.29 is 28.3 Å². The van der Waals surface area contributed by atoms with Crippen LogP contribution in [0.4, 0.5) is 5.88 Å². The smallest absolute Gasteiger partial charge is 0.344 e. The predicted molar refractivity (Wildman–Crippen MR) is 105 cm³/mol. The quantitative estimate of drug-likeness (QED) is 0.485. The first-order chi connectivity index (χ1) is 13.2. The van der Waals surface area contributed by atoms with Gasteiger partial charge in [0.15, 0.2) is 0 Å². The molecule has 1 heterocycles. The van der Waals surface area contributed by atoms with Crippen LogP contribution in [0.2, 0.25) is 15.1 Å². The fourth-order valence-electron chi connectivity index (χ4n) is 2.38. The summed E-state index contributed by atoms with van der Waals surface area (Å²) >= 11 is 18.0. The lowest BCUT2D eigenvalue weighted by Gasteiger charge is -2.09. The van der Waals surface area contributed by atoms with Gasteiger partial charge < -0.3 is 13.9 Å². The maximum Gasteiger partial charge on any atom is 0.344 e. The maximum absolute atomic E-state index is 12.7. The molecule has 0 aliphatic rings. The molecule has 28 heavy (non-hydrogen) atoms. The lowest BCUT2D eigenvalue weighted by Crippen LogP contribution is -2.18. The van der Waals surface area contributed by atoms with E-state index in [4.69, 9.17) is 48.7 Å². The molecule has 0 atom stereocenters. The van der Waals surface area contributed by atoms with E-state index in [0.717, 1.165) is 0 Å². The van der Waals surface area contributed by atoms with Crippen molar-refractivity contribution in [2.45, 2.75) is 20.8 Å². The molecule has 1 aromatic heterocycles. The molecule has 0 saturated heterocycles. The molecule has 0 unspecified atom stereocenters. The molecule has 0 aliphatic heterocycles. The summed E-state index contributed by atoms with van der Waals surface area (Å²) in [6.07, 6.45) is 0. The molecule has 1 aromatic carbocycles. The summed E-state index contributed by atoms with van der Waals surface area (Å²) < 4.78 is 15.4. The molecule has 7 nitrogen and oxygen atoms in total. The first-order valence-electron chi connectivity index (χ1n) is 8.15. The summed E-state index contributed by atoms with van der Waals surface area (Å²) in [6, 6.07) is 2.83. The van der Waals surface area contributed by atoms with E-state index in [1.807, 2.05) is 0 Å². The highest BCUT2D eigenvalue weighted by atomic mass is 35.5. The minimum absolute atomic E-state index is 0.0403. The third-order valence-corrected chi connectivity index (χ3v) is 4.66. The predicted octanol–water partition coefficient (Wildman–Crippen LogP) is 5.15. The zero-order valence-electron chi connectivity index (χ0n) is 15.2. The molecule has 2 aromatic rings. The van der Waals surface area contributed by atoms with Crippen molar-refractivity contribution in [3.8, 4) is 0 Å². The Morgan fingerprint density at radius 1 is 0.929 bits per heavy atom. The second-order valence-corrected chi connectivity index (χ2v) is 6.54. The number of benzene rings is 1. The van der Waals surface area contributed by atoms with Gasteiger partial charge >= 0.3 is 11.9 Å². The molecule has 0 radical (unpaired) electrons. The van der Waals surface area contributed by atoms with Crippen molar-refractivity contribution in [1.29, 1.82) is 0 Å². The third-order valence-electron chi connectivity index (χ3n) is 3.54. The molecule has 0 fully saturated rings. The van der Waals surface area contributed by atoms with E-state index < -0.39 is 17.8 Å². The minimum Gasteiger partial charge on any atom is -0.462 e. The number of hydrogen-bond acceptors (Lipinski definition) is 6. The number of aryl methyl sites for hydroxylation is 1. The first-order valence-corrected chi connectivity index (χ1v) is 9.28. The standard InChI is InChI=1S/C18H16Cl3NO6/c1-4-26-17(24)11-8(3)28-16(13(11)18(25)27-5-2)22-15(23)12-9(19)6-7-10(20)14(12)21/h6-7H,4-5H2,1-3H3,(H,22,23). The Kier molecular flexibility index (Phi) is 7.35. The van der Waals surface area contributed by atoms with Gasteiger partial charge in [-0.05, 0) is 32.9 Å². The summed E-state index contributed by atoms with van der Waals surface area (Å²) in [5.74, 6) is -2.66. The van der Waals surface area contributed by atoms with Crippen LogP contribution in [0, 0.1) is 6.92 Å². The van der Waals surface area contributed by atoms with Crippen molar-refractivity contribution in [2.75, 3.05) is 18.5 Å². The number of nitrogens with one attached hydrogen (secondary N) is 1. The number of anilines is 1. The van der Waals surface area contributed by atoms with Crippen LogP contribution in [0.1, 0.15) is 50.7 Å². The fraction of sp³-hybridized carbons (Fsp3) is 0.278. The Morgan fingerprint density at radius 3 is 2.04 bits per heavy atom. The summed E-state index contributed by atoms with van der Waals surface area (Å²) in [5, 5.41) is 2.48. The van der Waals surface area contributed by atoms with Gasteiger partial charge in [-0.15, -0.1) is 0 Å². The zero-order valence-corrected chi connectivity index (χ0v) is 17.4. The van der Waals surface area contributed by atoms with Gasteiger partial charge in [-0.3, -0.25) is 10.1 Å². The molecule has 0 bridgehead atoms. The van der Waals surface area contributed by atoms with E-state index in [1.165, 1.54) is 19.1 Å². The molecular formula is C18H16Cl3NO6. The highest BCUT2D eigenvalue weighted by molar-refractivity contribution is 6.46. The lowest BCUT2D eigenvalue weighted by atomic mass is 10.1. The fourth-order valence-corrected chi connectivity index (χ4v) is 3.08. The monoisotopic (exact) mass is 447 g/mol. The molecule has 0 spiro atoms. The number of esters is 2. The number of amides is 1. The average Bonchev–Trinajstić information content (AvgIpc) is 2.95. The Bertz CT molecular complexity index is 938. The summed E-state index contributed by atoms with van der Waals surface area (Å²) in [6.45, 7) is 4.79. The summed E-state index contributed by atoms with van der Waals surface area (Å²) in [5.41, 5.74) is -0.517. The van der Waals surface area contributed by atoms with Crippen molar-refractivity contribution in [2.24, 2.45) is 0 Å². The van der Waals surface area contributed by atoms with E-state index in [-0.39, 0.29) is 56.6 Å². The van der Waals surface area contributed by atoms with Gasteiger partial charge in [0.2, 0.25) is 5.88 Å². The van der Waals surface area contributed by atoms with Crippen LogP contribution in [0.3, 0.4) is 0 Å². The van der Waals surface area contributed by atoms with Gasteiger partial charge in [-0.1, -0.05) is 34.8 Å². The zero-order chi connectivity index (χ0) is 21.0. The van der Waals surface area contributed by atoms with E-state index in [2.05, 4.69) is 5.32 Å².